The summed E-state index contributed by atoms with van der Waals surface area (Å²) in [4.78, 5) is 12.4. The number of anilines is 1. The second kappa shape index (κ2) is 10.2. The van der Waals surface area contributed by atoms with E-state index in [-0.39, 0.29) is 17.4 Å². The van der Waals surface area contributed by atoms with Crippen molar-refractivity contribution >= 4 is 21.6 Å². The Hall–Kier alpha value is -2.38. The summed E-state index contributed by atoms with van der Waals surface area (Å²) < 4.78 is 32.4. The van der Waals surface area contributed by atoms with Gasteiger partial charge in [0.1, 0.15) is 5.75 Å². The van der Waals surface area contributed by atoms with Gasteiger partial charge in [0.2, 0.25) is 10.0 Å². The highest BCUT2D eigenvalue weighted by Crippen LogP contribution is 2.28. The zero-order valence-corrected chi connectivity index (χ0v) is 17.4. The number of rotatable bonds is 10. The Morgan fingerprint density at radius 1 is 1.07 bits per heavy atom. The molecule has 0 radical (unpaired) electrons. The molecule has 0 fully saturated rings. The fraction of sp³-hybridized carbons (Fsp3) is 0.381. The summed E-state index contributed by atoms with van der Waals surface area (Å²) in [5, 5.41) is 2.72. The zero-order valence-electron chi connectivity index (χ0n) is 16.6. The van der Waals surface area contributed by atoms with E-state index in [0.29, 0.717) is 30.3 Å². The first-order chi connectivity index (χ1) is 13.4. The van der Waals surface area contributed by atoms with Gasteiger partial charge in [-0.1, -0.05) is 39.0 Å². The lowest BCUT2D eigenvalue weighted by Crippen LogP contribution is -2.24. The first-order valence-corrected chi connectivity index (χ1v) is 11.0. The molecule has 0 saturated carbocycles. The average Bonchev–Trinajstić information content (AvgIpc) is 2.71. The van der Waals surface area contributed by atoms with E-state index in [1.807, 2.05) is 31.2 Å². The van der Waals surface area contributed by atoms with Crippen molar-refractivity contribution in [1.29, 1.82) is 0 Å². The topological polar surface area (TPSA) is 84.5 Å². The Morgan fingerprint density at radius 3 is 2.39 bits per heavy atom. The molecule has 2 N–H and O–H groups in total. The van der Waals surface area contributed by atoms with Crippen molar-refractivity contribution in [3.8, 4) is 5.75 Å². The first kappa shape index (κ1) is 21.9. The molecule has 0 spiro atoms. The highest BCUT2D eigenvalue weighted by atomic mass is 32.2. The lowest BCUT2D eigenvalue weighted by Gasteiger charge is -2.15. The molecular weight excluding hydrogens is 376 g/mol. The van der Waals surface area contributed by atoms with Crippen LogP contribution in [0.2, 0.25) is 0 Å². The molecule has 7 heteroatoms. The van der Waals surface area contributed by atoms with Gasteiger partial charge in [-0.25, -0.2) is 13.1 Å². The summed E-state index contributed by atoms with van der Waals surface area (Å²) in [6, 6.07) is 13.8. The largest absolute Gasteiger partial charge is 0.483 e. The molecule has 0 heterocycles. The van der Waals surface area contributed by atoms with E-state index in [2.05, 4.69) is 23.9 Å². The highest BCUT2D eigenvalue weighted by Gasteiger charge is 2.14. The van der Waals surface area contributed by atoms with Gasteiger partial charge in [-0.15, -0.1) is 0 Å². The average molecular weight is 405 g/mol. The number of para-hydroxylation sites is 1. The van der Waals surface area contributed by atoms with Crippen LogP contribution in [0.3, 0.4) is 0 Å². The molecular formula is C21H28N2O4S. The Balaban J connectivity index is 1.95. The predicted molar refractivity (Wildman–Crippen MR) is 111 cm³/mol. The molecule has 0 aromatic heterocycles. The first-order valence-electron chi connectivity index (χ1n) is 9.48. The summed E-state index contributed by atoms with van der Waals surface area (Å²) in [7, 11) is -3.52. The van der Waals surface area contributed by atoms with Gasteiger partial charge in [0.25, 0.3) is 5.91 Å². The molecule has 2 rings (SSSR count). The Kier molecular flexibility index (Phi) is 8.02. The molecule has 0 aliphatic heterocycles. The number of hydrogen-bond donors (Lipinski definition) is 2. The van der Waals surface area contributed by atoms with Gasteiger partial charge in [0.15, 0.2) is 6.61 Å². The van der Waals surface area contributed by atoms with Crippen molar-refractivity contribution in [2.24, 2.45) is 0 Å². The molecule has 1 amide bonds. The third kappa shape index (κ3) is 6.07. The third-order valence-electron chi connectivity index (χ3n) is 4.41. The quantitative estimate of drug-likeness (QED) is 0.629. The van der Waals surface area contributed by atoms with Crippen LogP contribution >= 0.6 is 0 Å². The number of carbonyl (C=O) groups excluding carboxylic acids is 1. The lowest BCUT2D eigenvalue weighted by atomic mass is 9.98. The van der Waals surface area contributed by atoms with Crippen molar-refractivity contribution in [1.82, 2.24) is 4.72 Å². The molecule has 6 nitrogen and oxygen atoms in total. The molecule has 28 heavy (non-hydrogen) atoms. The maximum Gasteiger partial charge on any atom is 0.262 e. The maximum absolute atomic E-state index is 12.2. The number of hydrogen-bond acceptors (Lipinski definition) is 4. The Labute approximate surface area is 167 Å². The van der Waals surface area contributed by atoms with Crippen molar-refractivity contribution in [3.05, 3.63) is 54.1 Å². The van der Waals surface area contributed by atoms with Gasteiger partial charge in [-0.3, -0.25) is 4.79 Å². The fourth-order valence-electron chi connectivity index (χ4n) is 2.62. The fourth-order valence-corrected chi connectivity index (χ4v) is 3.75. The van der Waals surface area contributed by atoms with Gasteiger partial charge < -0.3 is 10.1 Å². The van der Waals surface area contributed by atoms with Crippen molar-refractivity contribution in [2.45, 2.75) is 44.4 Å². The van der Waals surface area contributed by atoms with E-state index in [1.165, 1.54) is 12.1 Å². The van der Waals surface area contributed by atoms with Crippen LogP contribution in [0, 0.1) is 0 Å². The van der Waals surface area contributed by atoms with Crippen LogP contribution in [0.15, 0.2) is 53.4 Å². The second-order valence-electron chi connectivity index (χ2n) is 6.61. The van der Waals surface area contributed by atoms with Crippen molar-refractivity contribution < 1.29 is 17.9 Å². The van der Waals surface area contributed by atoms with E-state index in [4.69, 9.17) is 4.74 Å². The van der Waals surface area contributed by atoms with Gasteiger partial charge in [-0.05, 0) is 54.7 Å². The number of nitrogens with one attached hydrogen (secondary N) is 2. The SMILES string of the molecule is CCCNS(=O)(=O)c1ccc(NC(=O)COc2ccccc2C(C)CC)cc1. The van der Waals surface area contributed by atoms with Gasteiger partial charge in [-0.2, -0.15) is 0 Å². The van der Waals surface area contributed by atoms with E-state index in [9.17, 15) is 13.2 Å². The minimum absolute atomic E-state index is 0.119. The minimum Gasteiger partial charge on any atom is -0.483 e. The Bertz CT molecular complexity index is 880. The number of amides is 1. The standard InChI is InChI=1S/C21H28N2O4S/c1-4-14-22-28(25,26)18-12-10-17(11-13-18)23-21(24)15-27-20-9-7-6-8-19(20)16(3)5-2/h6-13,16,22H,4-5,14-15H2,1-3H3,(H,23,24). The smallest absolute Gasteiger partial charge is 0.262 e. The van der Waals surface area contributed by atoms with Gasteiger partial charge >= 0.3 is 0 Å². The van der Waals surface area contributed by atoms with Crippen molar-refractivity contribution in [2.75, 3.05) is 18.5 Å². The number of ether oxygens (including phenoxy) is 1. The van der Waals surface area contributed by atoms with E-state index in [0.717, 1.165) is 12.0 Å². The molecule has 2 aromatic rings. The molecule has 1 unspecified atom stereocenters. The maximum atomic E-state index is 12.2. The zero-order chi connectivity index (χ0) is 20.6. The van der Waals surface area contributed by atoms with Crippen LogP contribution < -0.4 is 14.8 Å². The van der Waals surface area contributed by atoms with Crippen LogP contribution in [0.25, 0.3) is 0 Å². The van der Waals surface area contributed by atoms with Crippen LogP contribution in [-0.4, -0.2) is 27.5 Å². The van der Waals surface area contributed by atoms with Crippen LogP contribution in [0.5, 0.6) is 5.75 Å². The summed E-state index contributed by atoms with van der Waals surface area (Å²) in [6.45, 7) is 6.38. The minimum atomic E-state index is -3.52. The Morgan fingerprint density at radius 2 is 1.75 bits per heavy atom. The lowest BCUT2D eigenvalue weighted by molar-refractivity contribution is -0.118. The van der Waals surface area contributed by atoms with Crippen LogP contribution in [-0.2, 0) is 14.8 Å². The van der Waals surface area contributed by atoms with Crippen LogP contribution in [0.1, 0.15) is 45.1 Å². The summed E-state index contributed by atoms with van der Waals surface area (Å²) >= 11 is 0. The van der Waals surface area contributed by atoms with Crippen LogP contribution in [0.4, 0.5) is 5.69 Å². The van der Waals surface area contributed by atoms with Gasteiger partial charge in [0, 0.05) is 12.2 Å². The number of sulfonamides is 1. The van der Waals surface area contributed by atoms with E-state index < -0.39 is 10.0 Å². The summed E-state index contributed by atoms with van der Waals surface area (Å²) in [5.74, 6) is 0.740. The van der Waals surface area contributed by atoms with E-state index in [1.54, 1.807) is 12.1 Å². The van der Waals surface area contributed by atoms with Crippen molar-refractivity contribution in [3.63, 3.8) is 0 Å². The molecule has 0 aliphatic rings. The summed E-state index contributed by atoms with van der Waals surface area (Å²) in [6.07, 6.45) is 1.70. The predicted octanol–water partition coefficient (Wildman–Crippen LogP) is 3.91. The monoisotopic (exact) mass is 404 g/mol. The molecule has 152 valence electrons. The normalized spacial score (nSPS) is 12.4. The second-order valence-corrected chi connectivity index (χ2v) is 8.37. The molecule has 2 aromatic carbocycles. The number of carbonyl (C=O) groups is 1. The van der Waals surface area contributed by atoms with Gasteiger partial charge in [0.05, 0.1) is 4.90 Å². The molecule has 0 saturated heterocycles. The van der Waals surface area contributed by atoms with E-state index >= 15 is 0 Å². The summed E-state index contributed by atoms with van der Waals surface area (Å²) in [5.41, 5.74) is 1.59. The molecule has 1 atom stereocenters. The third-order valence-corrected chi connectivity index (χ3v) is 5.89. The number of benzene rings is 2. The molecule has 0 bridgehead atoms. The molecule has 0 aliphatic carbocycles. The highest BCUT2D eigenvalue weighted by molar-refractivity contribution is 7.89.